The molecular formula is C12H17FN2. The Balaban J connectivity index is 2.01. The first-order valence-electron chi connectivity index (χ1n) is 5.48. The highest BCUT2D eigenvalue weighted by molar-refractivity contribution is 5.20. The summed E-state index contributed by atoms with van der Waals surface area (Å²) in [6.07, 6.45) is 2.18. The fourth-order valence-corrected chi connectivity index (χ4v) is 2.12. The molecule has 1 fully saturated rings. The Morgan fingerprint density at radius 3 is 2.87 bits per heavy atom. The number of hydrogen-bond donors (Lipinski definition) is 2. The minimum absolute atomic E-state index is 0.157. The number of nitrogens with one attached hydrogen (secondary N) is 1. The van der Waals surface area contributed by atoms with Crippen molar-refractivity contribution in [3.05, 3.63) is 35.6 Å². The summed E-state index contributed by atoms with van der Waals surface area (Å²) in [5.74, 6) is 0.421. The number of rotatable bonds is 2. The third-order valence-corrected chi connectivity index (χ3v) is 3.10. The van der Waals surface area contributed by atoms with Gasteiger partial charge in [0.05, 0.1) is 0 Å². The molecular weight excluding hydrogens is 191 g/mol. The maximum absolute atomic E-state index is 13.0. The molecule has 2 nitrogen and oxygen atoms in total. The van der Waals surface area contributed by atoms with Crippen molar-refractivity contribution < 1.29 is 4.39 Å². The average molecular weight is 208 g/mol. The second kappa shape index (κ2) is 4.73. The first kappa shape index (κ1) is 10.6. The van der Waals surface area contributed by atoms with E-state index in [-0.39, 0.29) is 5.82 Å². The van der Waals surface area contributed by atoms with Crippen molar-refractivity contribution >= 4 is 0 Å². The zero-order valence-electron chi connectivity index (χ0n) is 8.75. The van der Waals surface area contributed by atoms with Gasteiger partial charge in [0.1, 0.15) is 5.82 Å². The van der Waals surface area contributed by atoms with Crippen molar-refractivity contribution in [2.24, 2.45) is 11.7 Å². The lowest BCUT2D eigenvalue weighted by atomic mass is 9.91. The predicted octanol–water partition coefficient (Wildman–Crippen LogP) is 1.83. The molecule has 1 aliphatic heterocycles. The molecule has 2 atom stereocenters. The molecule has 1 aromatic carbocycles. The Labute approximate surface area is 89.7 Å². The van der Waals surface area contributed by atoms with E-state index in [1.165, 1.54) is 6.07 Å². The van der Waals surface area contributed by atoms with E-state index in [9.17, 15) is 4.39 Å². The lowest BCUT2D eigenvalue weighted by Crippen LogP contribution is -2.36. The molecule has 1 aromatic rings. The third kappa shape index (κ3) is 2.55. The summed E-state index contributed by atoms with van der Waals surface area (Å²) >= 11 is 0. The largest absolute Gasteiger partial charge is 0.330 e. The van der Waals surface area contributed by atoms with Crippen LogP contribution in [0.1, 0.15) is 24.4 Å². The summed E-state index contributed by atoms with van der Waals surface area (Å²) in [5, 5.41) is 3.42. The van der Waals surface area contributed by atoms with Crippen LogP contribution in [-0.4, -0.2) is 13.1 Å². The van der Waals surface area contributed by atoms with Crippen LogP contribution < -0.4 is 11.1 Å². The Morgan fingerprint density at radius 1 is 1.40 bits per heavy atom. The summed E-state index contributed by atoms with van der Waals surface area (Å²) in [5.41, 5.74) is 6.66. The van der Waals surface area contributed by atoms with Crippen LogP contribution in [0.4, 0.5) is 4.39 Å². The summed E-state index contributed by atoms with van der Waals surface area (Å²) in [6.45, 7) is 1.68. The van der Waals surface area contributed by atoms with Gasteiger partial charge in [0, 0.05) is 6.04 Å². The van der Waals surface area contributed by atoms with E-state index in [2.05, 4.69) is 5.32 Å². The smallest absolute Gasteiger partial charge is 0.123 e. The Morgan fingerprint density at radius 2 is 2.27 bits per heavy atom. The molecule has 1 aliphatic rings. The van der Waals surface area contributed by atoms with Gasteiger partial charge in [0.25, 0.3) is 0 Å². The van der Waals surface area contributed by atoms with Gasteiger partial charge in [0.15, 0.2) is 0 Å². The van der Waals surface area contributed by atoms with Gasteiger partial charge in [-0.1, -0.05) is 12.1 Å². The van der Waals surface area contributed by atoms with Crippen LogP contribution >= 0.6 is 0 Å². The lowest BCUT2D eigenvalue weighted by molar-refractivity contribution is 0.320. The van der Waals surface area contributed by atoms with E-state index >= 15 is 0 Å². The first-order chi connectivity index (χ1) is 7.29. The monoisotopic (exact) mass is 208 g/mol. The minimum atomic E-state index is -0.157. The molecule has 1 saturated heterocycles. The highest BCUT2D eigenvalue weighted by atomic mass is 19.1. The maximum atomic E-state index is 13.0. The zero-order chi connectivity index (χ0) is 10.7. The molecule has 0 bridgehead atoms. The van der Waals surface area contributed by atoms with Crippen LogP contribution in [-0.2, 0) is 0 Å². The van der Waals surface area contributed by atoms with Gasteiger partial charge in [-0.05, 0) is 49.5 Å². The van der Waals surface area contributed by atoms with Crippen molar-refractivity contribution in [3.63, 3.8) is 0 Å². The van der Waals surface area contributed by atoms with Crippen molar-refractivity contribution in [2.45, 2.75) is 18.9 Å². The van der Waals surface area contributed by atoms with E-state index in [0.29, 0.717) is 12.0 Å². The first-order valence-corrected chi connectivity index (χ1v) is 5.48. The van der Waals surface area contributed by atoms with E-state index in [1.54, 1.807) is 12.1 Å². The maximum Gasteiger partial charge on any atom is 0.123 e. The van der Waals surface area contributed by atoms with E-state index in [4.69, 9.17) is 5.73 Å². The molecule has 0 spiro atoms. The Hall–Kier alpha value is -0.930. The highest BCUT2D eigenvalue weighted by Gasteiger charge is 2.20. The van der Waals surface area contributed by atoms with Crippen molar-refractivity contribution in [2.75, 3.05) is 13.1 Å². The standard InChI is InChI=1S/C12H17FN2/c13-11-3-1-2-10(6-11)12-5-4-9(7-14)8-15-12/h1-3,6,9,12,15H,4-5,7-8,14H2. The average Bonchev–Trinajstić information content (AvgIpc) is 2.29. The van der Waals surface area contributed by atoms with Crippen LogP contribution in [0.2, 0.25) is 0 Å². The summed E-state index contributed by atoms with van der Waals surface area (Å²) in [6, 6.07) is 7.13. The van der Waals surface area contributed by atoms with Gasteiger partial charge in [-0.25, -0.2) is 4.39 Å². The van der Waals surface area contributed by atoms with Crippen LogP contribution in [0.5, 0.6) is 0 Å². The number of halogens is 1. The Kier molecular flexibility index (Phi) is 3.34. The summed E-state index contributed by atoms with van der Waals surface area (Å²) in [4.78, 5) is 0. The number of piperidine rings is 1. The van der Waals surface area contributed by atoms with E-state index in [0.717, 1.165) is 31.5 Å². The highest BCUT2D eigenvalue weighted by Crippen LogP contribution is 2.25. The van der Waals surface area contributed by atoms with E-state index < -0.39 is 0 Å². The fraction of sp³-hybridized carbons (Fsp3) is 0.500. The Bertz CT molecular complexity index is 319. The van der Waals surface area contributed by atoms with Gasteiger partial charge in [-0.2, -0.15) is 0 Å². The molecule has 0 saturated carbocycles. The minimum Gasteiger partial charge on any atom is -0.330 e. The second-order valence-electron chi connectivity index (χ2n) is 4.19. The van der Waals surface area contributed by atoms with Gasteiger partial charge < -0.3 is 11.1 Å². The normalized spacial score (nSPS) is 26.5. The van der Waals surface area contributed by atoms with Gasteiger partial charge >= 0.3 is 0 Å². The molecule has 0 amide bonds. The van der Waals surface area contributed by atoms with Crippen molar-refractivity contribution in [3.8, 4) is 0 Å². The second-order valence-corrected chi connectivity index (χ2v) is 4.19. The molecule has 0 radical (unpaired) electrons. The number of hydrogen-bond acceptors (Lipinski definition) is 2. The molecule has 0 aliphatic carbocycles. The molecule has 2 unspecified atom stereocenters. The van der Waals surface area contributed by atoms with Crippen molar-refractivity contribution in [1.82, 2.24) is 5.32 Å². The summed E-state index contributed by atoms with van der Waals surface area (Å²) in [7, 11) is 0. The van der Waals surface area contributed by atoms with Gasteiger partial charge in [-0.15, -0.1) is 0 Å². The van der Waals surface area contributed by atoms with Crippen LogP contribution in [0, 0.1) is 11.7 Å². The van der Waals surface area contributed by atoms with Gasteiger partial charge in [-0.3, -0.25) is 0 Å². The fourth-order valence-electron chi connectivity index (χ4n) is 2.12. The topological polar surface area (TPSA) is 38.0 Å². The molecule has 1 heterocycles. The third-order valence-electron chi connectivity index (χ3n) is 3.10. The van der Waals surface area contributed by atoms with Crippen LogP contribution in [0.3, 0.4) is 0 Å². The quantitative estimate of drug-likeness (QED) is 0.778. The molecule has 82 valence electrons. The zero-order valence-corrected chi connectivity index (χ0v) is 8.75. The molecule has 3 heteroatoms. The molecule has 15 heavy (non-hydrogen) atoms. The van der Waals surface area contributed by atoms with Crippen LogP contribution in [0.25, 0.3) is 0 Å². The molecule has 2 rings (SSSR count). The number of benzene rings is 1. The predicted molar refractivity (Wildman–Crippen MR) is 58.9 cm³/mol. The van der Waals surface area contributed by atoms with E-state index in [1.807, 2.05) is 6.07 Å². The SMILES string of the molecule is NCC1CCC(c2cccc(F)c2)NC1. The van der Waals surface area contributed by atoms with Gasteiger partial charge in [0.2, 0.25) is 0 Å². The summed E-state index contributed by atoms with van der Waals surface area (Å²) < 4.78 is 13.0. The van der Waals surface area contributed by atoms with Crippen LogP contribution in [0.15, 0.2) is 24.3 Å². The van der Waals surface area contributed by atoms with Crippen molar-refractivity contribution in [1.29, 1.82) is 0 Å². The number of nitrogens with two attached hydrogens (primary N) is 1. The molecule has 0 aromatic heterocycles. The lowest BCUT2D eigenvalue weighted by Gasteiger charge is -2.29. The molecule has 3 N–H and O–H groups in total.